The first-order valence-electron chi connectivity index (χ1n) is 6.98. The zero-order valence-corrected chi connectivity index (χ0v) is 12.4. The maximum atomic E-state index is 13.2. The highest BCUT2D eigenvalue weighted by molar-refractivity contribution is 5.68. The first-order chi connectivity index (χ1) is 11.3. The molecule has 3 heterocycles. The highest BCUT2D eigenvalue weighted by Crippen LogP contribution is 2.40. The Hall–Kier alpha value is -2.59. The zero-order valence-electron chi connectivity index (χ0n) is 12.4. The van der Waals surface area contributed by atoms with Gasteiger partial charge in [-0.1, -0.05) is 6.07 Å². The second-order valence-corrected chi connectivity index (χ2v) is 5.24. The molecular formula is C14H15F3N6O. The predicted octanol–water partition coefficient (Wildman–Crippen LogP) is 1.48. The van der Waals surface area contributed by atoms with Crippen LogP contribution in [0.2, 0.25) is 0 Å². The summed E-state index contributed by atoms with van der Waals surface area (Å²) in [6, 6.07) is 5.95. The van der Waals surface area contributed by atoms with Crippen molar-refractivity contribution in [2.45, 2.75) is 18.6 Å². The largest absolute Gasteiger partial charge is 0.418 e. The number of pyridine rings is 2. The van der Waals surface area contributed by atoms with E-state index in [9.17, 15) is 13.2 Å². The average Bonchev–Trinajstić information content (AvgIpc) is 2.91. The molecule has 0 saturated carbocycles. The van der Waals surface area contributed by atoms with E-state index in [1.165, 1.54) is 4.90 Å². The van der Waals surface area contributed by atoms with Crippen molar-refractivity contribution in [3.05, 3.63) is 41.7 Å². The summed E-state index contributed by atoms with van der Waals surface area (Å²) in [4.78, 5) is 9.50. The summed E-state index contributed by atoms with van der Waals surface area (Å²) in [6.45, 7) is 0.106. The van der Waals surface area contributed by atoms with Crippen molar-refractivity contribution >= 4 is 17.3 Å². The lowest BCUT2D eigenvalue weighted by Gasteiger charge is -2.28. The molecule has 2 unspecified atom stereocenters. The summed E-state index contributed by atoms with van der Waals surface area (Å²) >= 11 is 0. The predicted molar refractivity (Wildman–Crippen MR) is 81.4 cm³/mol. The first kappa shape index (κ1) is 16.3. The Morgan fingerprint density at radius 3 is 2.62 bits per heavy atom. The highest BCUT2D eigenvalue weighted by atomic mass is 19.4. The number of anilines is 3. The lowest BCUT2D eigenvalue weighted by atomic mass is 10.2. The number of nitrogens with two attached hydrogens (primary N) is 3. The van der Waals surface area contributed by atoms with Crippen molar-refractivity contribution in [3.8, 4) is 0 Å². The van der Waals surface area contributed by atoms with Crippen LogP contribution in [-0.2, 0) is 10.9 Å². The summed E-state index contributed by atoms with van der Waals surface area (Å²) in [6.07, 6.45) is -4.58. The summed E-state index contributed by atoms with van der Waals surface area (Å²) in [5.41, 5.74) is 15.8. The Kier molecular flexibility index (Phi) is 3.93. The number of ether oxygens (including phenoxy) is 1. The third kappa shape index (κ3) is 2.81. The van der Waals surface area contributed by atoms with E-state index in [0.717, 1.165) is 6.07 Å². The van der Waals surface area contributed by atoms with Crippen molar-refractivity contribution in [2.24, 2.45) is 5.73 Å². The molecule has 3 rings (SSSR count). The Labute approximate surface area is 135 Å². The van der Waals surface area contributed by atoms with Gasteiger partial charge < -0.3 is 26.8 Å². The van der Waals surface area contributed by atoms with Crippen molar-refractivity contribution in [1.82, 2.24) is 9.97 Å². The summed E-state index contributed by atoms with van der Waals surface area (Å²) < 4.78 is 45.0. The van der Waals surface area contributed by atoms with E-state index >= 15 is 0 Å². The number of aromatic nitrogens is 2. The van der Waals surface area contributed by atoms with E-state index in [-0.39, 0.29) is 12.4 Å². The summed E-state index contributed by atoms with van der Waals surface area (Å²) in [5, 5.41) is 0. The first-order valence-corrected chi connectivity index (χ1v) is 6.98. The van der Waals surface area contributed by atoms with Gasteiger partial charge in [-0.05, 0) is 18.2 Å². The van der Waals surface area contributed by atoms with Crippen LogP contribution in [-0.4, -0.2) is 22.7 Å². The zero-order chi connectivity index (χ0) is 17.5. The monoisotopic (exact) mass is 340 g/mol. The van der Waals surface area contributed by atoms with Gasteiger partial charge >= 0.3 is 6.18 Å². The quantitative estimate of drug-likeness (QED) is 0.758. The number of nitrogen functional groups attached to an aromatic ring is 2. The van der Waals surface area contributed by atoms with Crippen LogP contribution in [0, 0.1) is 0 Å². The van der Waals surface area contributed by atoms with Crippen LogP contribution in [0.3, 0.4) is 0 Å². The number of hydrogen-bond donors (Lipinski definition) is 3. The van der Waals surface area contributed by atoms with Gasteiger partial charge in [0.2, 0.25) is 0 Å². The Morgan fingerprint density at radius 1 is 1.25 bits per heavy atom. The topological polar surface area (TPSA) is 116 Å². The molecule has 1 aliphatic heterocycles. The highest BCUT2D eigenvalue weighted by Gasteiger charge is 2.39. The molecule has 24 heavy (non-hydrogen) atoms. The second kappa shape index (κ2) is 5.80. The number of hydrogen-bond acceptors (Lipinski definition) is 7. The number of nitrogens with zero attached hydrogens (tertiary/aromatic N) is 3. The Balaban J connectivity index is 2.08. The van der Waals surface area contributed by atoms with Gasteiger partial charge in [-0.25, -0.2) is 4.98 Å². The van der Waals surface area contributed by atoms with E-state index in [1.807, 2.05) is 0 Å². The van der Waals surface area contributed by atoms with Crippen molar-refractivity contribution in [1.29, 1.82) is 0 Å². The molecule has 0 aliphatic carbocycles. The van der Waals surface area contributed by atoms with Gasteiger partial charge in [0.1, 0.15) is 17.8 Å². The molecule has 10 heteroatoms. The Morgan fingerprint density at radius 2 is 2.00 bits per heavy atom. The number of halogens is 3. The molecule has 7 nitrogen and oxygen atoms in total. The van der Waals surface area contributed by atoms with E-state index in [1.54, 1.807) is 24.4 Å². The molecule has 2 aromatic heterocycles. The van der Waals surface area contributed by atoms with Crippen LogP contribution in [0.5, 0.6) is 0 Å². The van der Waals surface area contributed by atoms with E-state index in [4.69, 9.17) is 21.9 Å². The van der Waals surface area contributed by atoms with E-state index in [0.29, 0.717) is 5.69 Å². The fraction of sp³-hybridized carbons (Fsp3) is 0.286. The minimum absolute atomic E-state index is 0.0744. The maximum absolute atomic E-state index is 13.2. The second-order valence-electron chi connectivity index (χ2n) is 5.24. The standard InChI is InChI=1S/C14H15F3N6O/c15-14(16,17)7-5-10(22-12(20)11(7)19)23-9(18)6-24-13(23)8-3-1-2-4-21-8/h1-5,9,13H,6,18-19H2,(H2,20,22). The minimum atomic E-state index is -4.67. The molecule has 0 spiro atoms. The molecule has 2 atom stereocenters. The van der Waals surface area contributed by atoms with E-state index in [2.05, 4.69) is 9.97 Å². The van der Waals surface area contributed by atoms with Gasteiger partial charge in [-0.2, -0.15) is 13.2 Å². The Bertz CT molecular complexity index is 739. The van der Waals surface area contributed by atoms with E-state index < -0.39 is 35.6 Å². The molecule has 0 radical (unpaired) electrons. The molecule has 128 valence electrons. The lowest BCUT2D eigenvalue weighted by molar-refractivity contribution is -0.136. The van der Waals surface area contributed by atoms with Gasteiger partial charge in [0.05, 0.1) is 23.6 Å². The molecular weight excluding hydrogens is 325 g/mol. The maximum Gasteiger partial charge on any atom is 0.418 e. The van der Waals surface area contributed by atoms with Crippen LogP contribution in [0.4, 0.5) is 30.5 Å². The lowest BCUT2D eigenvalue weighted by Crippen LogP contribution is -2.40. The molecule has 0 bridgehead atoms. The van der Waals surface area contributed by atoms with Crippen LogP contribution >= 0.6 is 0 Å². The fourth-order valence-corrected chi connectivity index (χ4v) is 2.49. The molecule has 0 amide bonds. The molecule has 2 aromatic rings. The third-order valence-corrected chi connectivity index (χ3v) is 3.62. The summed E-state index contributed by atoms with van der Waals surface area (Å²) in [7, 11) is 0. The minimum Gasteiger partial charge on any atom is -0.395 e. The van der Waals surface area contributed by atoms with Crippen LogP contribution in [0.25, 0.3) is 0 Å². The normalized spacial score (nSPS) is 21.2. The van der Waals surface area contributed by atoms with Gasteiger partial charge in [0.25, 0.3) is 0 Å². The molecule has 1 saturated heterocycles. The van der Waals surface area contributed by atoms with Crippen molar-refractivity contribution in [3.63, 3.8) is 0 Å². The van der Waals surface area contributed by atoms with Crippen LogP contribution in [0.1, 0.15) is 17.5 Å². The van der Waals surface area contributed by atoms with Gasteiger partial charge in [-0.15, -0.1) is 0 Å². The van der Waals surface area contributed by atoms with Crippen molar-refractivity contribution < 1.29 is 17.9 Å². The molecule has 1 fully saturated rings. The van der Waals surface area contributed by atoms with Gasteiger partial charge in [0, 0.05) is 6.20 Å². The van der Waals surface area contributed by atoms with Gasteiger partial charge in [0.15, 0.2) is 6.23 Å². The molecule has 1 aliphatic rings. The van der Waals surface area contributed by atoms with Crippen LogP contribution in [0.15, 0.2) is 30.5 Å². The smallest absolute Gasteiger partial charge is 0.395 e. The average molecular weight is 340 g/mol. The summed E-state index contributed by atoms with van der Waals surface area (Å²) in [5.74, 6) is -0.492. The van der Waals surface area contributed by atoms with Gasteiger partial charge in [-0.3, -0.25) is 4.98 Å². The fourth-order valence-electron chi connectivity index (χ4n) is 2.49. The third-order valence-electron chi connectivity index (χ3n) is 3.62. The van der Waals surface area contributed by atoms with Crippen LogP contribution < -0.4 is 22.1 Å². The molecule has 0 aromatic carbocycles. The number of rotatable bonds is 2. The number of alkyl halides is 3. The van der Waals surface area contributed by atoms with Crippen molar-refractivity contribution in [2.75, 3.05) is 23.0 Å². The molecule has 6 N–H and O–H groups in total. The SMILES string of the molecule is Nc1nc(N2C(N)COC2c2ccccn2)cc(C(F)(F)F)c1N.